The van der Waals surface area contributed by atoms with Gasteiger partial charge in [0.2, 0.25) is 5.95 Å². The summed E-state index contributed by atoms with van der Waals surface area (Å²) < 4.78 is 18.7. The van der Waals surface area contributed by atoms with Crippen molar-refractivity contribution in [3.63, 3.8) is 0 Å². The van der Waals surface area contributed by atoms with Crippen LogP contribution in [-0.4, -0.2) is 65.8 Å². The van der Waals surface area contributed by atoms with E-state index in [1.807, 2.05) is 6.07 Å². The Morgan fingerprint density at radius 2 is 1.76 bits per heavy atom. The van der Waals surface area contributed by atoms with Gasteiger partial charge >= 0.3 is 6.01 Å². The summed E-state index contributed by atoms with van der Waals surface area (Å²) in [4.78, 5) is 25.0. The molecule has 0 bridgehead atoms. The largest absolute Gasteiger partial charge is 0.467 e. The lowest BCUT2D eigenvalue weighted by atomic mass is 10.1. The summed E-state index contributed by atoms with van der Waals surface area (Å²) in [6, 6.07) is 8.90. The van der Waals surface area contributed by atoms with E-state index >= 15 is 0 Å². The molecule has 34 heavy (non-hydrogen) atoms. The summed E-state index contributed by atoms with van der Waals surface area (Å²) in [7, 11) is 1.54. The van der Waals surface area contributed by atoms with Crippen LogP contribution >= 0.6 is 11.6 Å². The fourth-order valence-corrected chi connectivity index (χ4v) is 4.76. The molecule has 0 amide bonds. The van der Waals surface area contributed by atoms with Gasteiger partial charge < -0.3 is 19.4 Å². The molecule has 2 aliphatic heterocycles. The van der Waals surface area contributed by atoms with Crippen molar-refractivity contribution < 1.29 is 9.13 Å². The van der Waals surface area contributed by atoms with Gasteiger partial charge in [-0.2, -0.15) is 9.97 Å². The summed E-state index contributed by atoms with van der Waals surface area (Å²) in [5, 5.41) is 0.499. The fraction of sp³-hybridized carbons (Fsp3) is 0.417. The lowest BCUT2D eigenvalue weighted by Crippen LogP contribution is -2.52. The van der Waals surface area contributed by atoms with E-state index in [-0.39, 0.29) is 11.9 Å². The van der Waals surface area contributed by atoms with Crippen molar-refractivity contribution in [3.8, 4) is 17.3 Å². The minimum Gasteiger partial charge on any atom is -0.467 e. The number of ether oxygens (including phenoxy) is 1. The van der Waals surface area contributed by atoms with Gasteiger partial charge in [-0.05, 0) is 44.0 Å². The smallest absolute Gasteiger partial charge is 0.318 e. The van der Waals surface area contributed by atoms with Gasteiger partial charge in [-0.15, -0.1) is 0 Å². The lowest BCUT2D eigenvalue weighted by molar-refractivity contribution is 0.379. The highest BCUT2D eigenvalue weighted by Crippen LogP contribution is 2.31. The number of rotatable bonds is 5. The zero-order valence-electron chi connectivity index (χ0n) is 19.3. The zero-order chi connectivity index (χ0) is 23.7. The SMILES string of the molecule is COc1ncc(Cl)c(N2CCN(c3cc(-c4ccc(F)cc4)nc(N4CCCC4)n3)C(C)C2)n1. The maximum atomic E-state index is 13.5. The Bertz CT molecular complexity index is 1160. The summed E-state index contributed by atoms with van der Waals surface area (Å²) in [6.07, 6.45) is 3.84. The van der Waals surface area contributed by atoms with Gasteiger partial charge in [-0.25, -0.2) is 14.4 Å². The molecule has 4 heterocycles. The van der Waals surface area contributed by atoms with E-state index in [2.05, 4.69) is 31.6 Å². The molecule has 2 saturated heterocycles. The molecule has 1 atom stereocenters. The normalized spacial score (nSPS) is 18.5. The first kappa shape index (κ1) is 22.6. The van der Waals surface area contributed by atoms with Gasteiger partial charge in [-0.1, -0.05) is 11.6 Å². The quantitative estimate of drug-likeness (QED) is 0.538. The van der Waals surface area contributed by atoms with Gasteiger partial charge in [-0.3, -0.25) is 0 Å². The number of anilines is 3. The van der Waals surface area contributed by atoms with E-state index in [4.69, 9.17) is 26.3 Å². The van der Waals surface area contributed by atoms with E-state index in [1.165, 1.54) is 12.1 Å². The first-order chi connectivity index (χ1) is 16.5. The van der Waals surface area contributed by atoms with E-state index < -0.39 is 0 Å². The van der Waals surface area contributed by atoms with Crippen molar-refractivity contribution in [1.82, 2.24) is 19.9 Å². The molecule has 0 spiro atoms. The summed E-state index contributed by atoms with van der Waals surface area (Å²) in [5.74, 6) is 2.01. The van der Waals surface area contributed by atoms with Crippen molar-refractivity contribution >= 4 is 29.2 Å². The first-order valence-corrected chi connectivity index (χ1v) is 11.9. The number of piperazine rings is 1. The van der Waals surface area contributed by atoms with Crippen LogP contribution in [0.5, 0.6) is 6.01 Å². The highest BCUT2D eigenvalue weighted by molar-refractivity contribution is 6.32. The monoisotopic (exact) mass is 483 g/mol. The molecule has 1 unspecified atom stereocenters. The Balaban J connectivity index is 1.44. The second-order valence-electron chi connectivity index (χ2n) is 8.63. The van der Waals surface area contributed by atoms with Crippen LogP contribution in [0.4, 0.5) is 22.0 Å². The van der Waals surface area contributed by atoms with E-state index in [0.717, 1.165) is 68.6 Å². The van der Waals surface area contributed by atoms with Gasteiger partial charge in [0.15, 0.2) is 5.82 Å². The second kappa shape index (κ2) is 9.58. The molecule has 3 aromatic rings. The molecule has 5 rings (SSSR count). The fourth-order valence-electron chi connectivity index (χ4n) is 4.55. The minimum atomic E-state index is -0.262. The maximum absolute atomic E-state index is 13.5. The Morgan fingerprint density at radius 3 is 2.47 bits per heavy atom. The van der Waals surface area contributed by atoms with Crippen molar-refractivity contribution in [2.45, 2.75) is 25.8 Å². The molecule has 2 fully saturated rings. The van der Waals surface area contributed by atoms with Crippen LogP contribution in [0, 0.1) is 5.82 Å². The summed E-state index contributed by atoms with van der Waals surface area (Å²) in [5.41, 5.74) is 1.67. The molecule has 178 valence electrons. The molecule has 2 aromatic heterocycles. The van der Waals surface area contributed by atoms with Crippen molar-refractivity contribution in [1.29, 1.82) is 0 Å². The van der Waals surface area contributed by atoms with Gasteiger partial charge in [0, 0.05) is 50.4 Å². The van der Waals surface area contributed by atoms with Crippen molar-refractivity contribution in [2.24, 2.45) is 0 Å². The topological polar surface area (TPSA) is 70.5 Å². The Hall–Kier alpha value is -3.20. The average Bonchev–Trinajstić information content (AvgIpc) is 3.40. The molecule has 2 aliphatic rings. The van der Waals surface area contributed by atoms with E-state index in [9.17, 15) is 4.39 Å². The molecule has 0 saturated carbocycles. The number of methoxy groups -OCH3 is 1. The average molecular weight is 484 g/mol. The molecular weight excluding hydrogens is 457 g/mol. The molecule has 8 nitrogen and oxygen atoms in total. The molecule has 10 heteroatoms. The molecular formula is C24H27ClFN7O. The highest BCUT2D eigenvalue weighted by atomic mass is 35.5. The van der Waals surface area contributed by atoms with Gasteiger partial charge in [0.05, 0.1) is 19.0 Å². The third-order valence-corrected chi connectivity index (χ3v) is 6.60. The lowest BCUT2D eigenvalue weighted by Gasteiger charge is -2.41. The van der Waals surface area contributed by atoms with Crippen molar-refractivity contribution in [2.75, 3.05) is 54.5 Å². The molecule has 0 N–H and O–H groups in total. The predicted molar refractivity (Wildman–Crippen MR) is 131 cm³/mol. The first-order valence-electron chi connectivity index (χ1n) is 11.5. The molecule has 0 radical (unpaired) electrons. The molecule has 1 aromatic carbocycles. The third-order valence-electron chi connectivity index (χ3n) is 6.34. The van der Waals surface area contributed by atoms with E-state index in [0.29, 0.717) is 16.9 Å². The third kappa shape index (κ3) is 4.57. The van der Waals surface area contributed by atoms with Crippen LogP contribution in [0.2, 0.25) is 5.02 Å². The van der Waals surface area contributed by atoms with Gasteiger partial charge in [0.25, 0.3) is 0 Å². The zero-order valence-corrected chi connectivity index (χ0v) is 20.0. The number of halogens is 2. The molecule has 0 aliphatic carbocycles. The highest BCUT2D eigenvalue weighted by Gasteiger charge is 2.29. The van der Waals surface area contributed by atoms with Crippen LogP contribution in [0.1, 0.15) is 19.8 Å². The standard InChI is InChI=1S/C24H27ClFN7O/c1-16-15-32(22-19(25)14-27-24(30-22)34-2)11-12-33(16)21-13-20(17-5-7-18(26)8-6-17)28-23(29-21)31-9-3-4-10-31/h5-8,13-14,16H,3-4,9-12,15H2,1-2H3. The number of aromatic nitrogens is 4. The summed E-state index contributed by atoms with van der Waals surface area (Å²) >= 11 is 6.39. The van der Waals surface area contributed by atoms with Crippen LogP contribution in [0.3, 0.4) is 0 Å². The number of hydrogen-bond acceptors (Lipinski definition) is 8. The van der Waals surface area contributed by atoms with Crippen LogP contribution in [0.25, 0.3) is 11.3 Å². The number of nitrogens with zero attached hydrogens (tertiary/aromatic N) is 7. The summed E-state index contributed by atoms with van der Waals surface area (Å²) in [6.45, 7) is 6.23. The minimum absolute atomic E-state index is 0.146. The van der Waals surface area contributed by atoms with Crippen LogP contribution in [0.15, 0.2) is 36.5 Å². The Labute approximate surface area is 203 Å². The second-order valence-corrected chi connectivity index (χ2v) is 9.04. The number of benzene rings is 1. The van der Waals surface area contributed by atoms with Crippen molar-refractivity contribution in [3.05, 3.63) is 47.4 Å². The van der Waals surface area contributed by atoms with Crippen LogP contribution in [-0.2, 0) is 0 Å². The number of hydrogen-bond donors (Lipinski definition) is 0. The van der Waals surface area contributed by atoms with Crippen LogP contribution < -0.4 is 19.4 Å². The predicted octanol–water partition coefficient (Wildman–Crippen LogP) is 4.05. The maximum Gasteiger partial charge on any atom is 0.318 e. The van der Waals surface area contributed by atoms with E-state index in [1.54, 1.807) is 25.4 Å². The Morgan fingerprint density at radius 1 is 1.00 bits per heavy atom. The Kier molecular flexibility index (Phi) is 6.36. The van der Waals surface area contributed by atoms with Gasteiger partial charge in [0.1, 0.15) is 16.7 Å².